The van der Waals surface area contributed by atoms with Crippen LogP contribution in [-0.4, -0.2) is 55.7 Å². The summed E-state index contributed by atoms with van der Waals surface area (Å²) < 4.78 is 10.7. The standard InChI is InChI=1S/C25H28N2O5/c1-16-6-8-18(9-7-16)22-23(26-10-4-5-17(14-26)15-28)25(30)27(24(22)29)19-11-20(31-2)13-21(12-19)32-3/h6-9,11-13,17,28H,4-5,10,14-15H2,1-3H3. The van der Waals surface area contributed by atoms with Crippen molar-refractivity contribution < 1.29 is 24.2 Å². The van der Waals surface area contributed by atoms with Crippen LogP contribution in [0.5, 0.6) is 11.5 Å². The molecule has 168 valence electrons. The molecule has 7 heteroatoms. The van der Waals surface area contributed by atoms with Gasteiger partial charge in [0, 0.05) is 37.9 Å². The number of rotatable bonds is 6. The highest BCUT2D eigenvalue weighted by Crippen LogP contribution is 2.38. The van der Waals surface area contributed by atoms with E-state index in [-0.39, 0.29) is 24.3 Å². The fraction of sp³-hybridized carbons (Fsp3) is 0.360. The molecule has 2 amide bonds. The normalized spacial score (nSPS) is 19.1. The van der Waals surface area contributed by atoms with Gasteiger partial charge in [-0.25, -0.2) is 4.90 Å². The van der Waals surface area contributed by atoms with Crippen LogP contribution >= 0.6 is 0 Å². The number of benzene rings is 2. The van der Waals surface area contributed by atoms with Gasteiger partial charge in [0.2, 0.25) is 0 Å². The van der Waals surface area contributed by atoms with Crippen molar-refractivity contribution in [3.8, 4) is 11.5 Å². The lowest BCUT2D eigenvalue weighted by Gasteiger charge is -2.34. The average Bonchev–Trinajstić information content (AvgIpc) is 3.09. The molecule has 0 spiro atoms. The maximum atomic E-state index is 13.7. The summed E-state index contributed by atoms with van der Waals surface area (Å²) in [5.41, 5.74) is 2.94. The Kier molecular flexibility index (Phi) is 6.19. The number of aryl methyl sites for hydroxylation is 1. The van der Waals surface area contributed by atoms with Crippen LogP contribution in [0.25, 0.3) is 5.57 Å². The molecule has 0 radical (unpaired) electrons. The SMILES string of the molecule is COc1cc(OC)cc(N2C(=O)C(c3ccc(C)cc3)=C(N3CCCC(CO)C3)C2=O)c1. The number of imide groups is 1. The number of piperidine rings is 1. The molecule has 2 heterocycles. The molecule has 2 aromatic rings. The second kappa shape index (κ2) is 9.04. The van der Waals surface area contributed by atoms with Gasteiger partial charge in [-0.15, -0.1) is 0 Å². The number of likely N-dealkylation sites (tertiary alicyclic amines) is 1. The Bertz CT molecular complexity index is 1040. The predicted octanol–water partition coefficient (Wildman–Crippen LogP) is 3.00. The molecule has 32 heavy (non-hydrogen) atoms. The van der Waals surface area contributed by atoms with Crippen LogP contribution in [0.3, 0.4) is 0 Å². The summed E-state index contributed by atoms with van der Waals surface area (Å²) in [6, 6.07) is 12.6. The van der Waals surface area contributed by atoms with Crippen LogP contribution in [0.15, 0.2) is 48.2 Å². The maximum absolute atomic E-state index is 13.7. The number of hydrogen-bond acceptors (Lipinski definition) is 6. The zero-order valence-electron chi connectivity index (χ0n) is 18.6. The first-order chi connectivity index (χ1) is 15.5. The summed E-state index contributed by atoms with van der Waals surface area (Å²) in [6.07, 6.45) is 1.75. The molecule has 0 aliphatic carbocycles. The Labute approximate surface area is 187 Å². The second-order valence-corrected chi connectivity index (χ2v) is 8.24. The van der Waals surface area contributed by atoms with Gasteiger partial charge in [-0.2, -0.15) is 0 Å². The van der Waals surface area contributed by atoms with E-state index in [1.54, 1.807) is 18.2 Å². The van der Waals surface area contributed by atoms with Crippen molar-refractivity contribution >= 4 is 23.1 Å². The third-order valence-electron chi connectivity index (χ3n) is 6.09. The number of anilines is 1. The van der Waals surface area contributed by atoms with Gasteiger partial charge in [-0.3, -0.25) is 9.59 Å². The first-order valence-electron chi connectivity index (χ1n) is 10.8. The molecule has 2 aliphatic heterocycles. The number of amides is 2. The van der Waals surface area contributed by atoms with Gasteiger partial charge in [0.1, 0.15) is 17.2 Å². The number of carbonyl (C=O) groups excluding carboxylic acids is 2. The van der Waals surface area contributed by atoms with Crippen molar-refractivity contribution in [2.75, 3.05) is 38.8 Å². The van der Waals surface area contributed by atoms with Crippen molar-refractivity contribution in [2.24, 2.45) is 5.92 Å². The monoisotopic (exact) mass is 436 g/mol. The van der Waals surface area contributed by atoms with Crippen molar-refractivity contribution in [1.82, 2.24) is 4.90 Å². The van der Waals surface area contributed by atoms with Crippen LogP contribution < -0.4 is 14.4 Å². The highest BCUT2D eigenvalue weighted by molar-refractivity contribution is 6.45. The van der Waals surface area contributed by atoms with Crippen LogP contribution in [0, 0.1) is 12.8 Å². The van der Waals surface area contributed by atoms with Gasteiger partial charge in [-0.05, 0) is 31.2 Å². The third-order valence-corrected chi connectivity index (χ3v) is 6.09. The Morgan fingerprint density at radius 2 is 1.66 bits per heavy atom. The molecule has 0 bridgehead atoms. The van der Waals surface area contributed by atoms with Gasteiger partial charge < -0.3 is 19.5 Å². The Morgan fingerprint density at radius 3 is 2.25 bits per heavy atom. The van der Waals surface area contributed by atoms with Crippen molar-refractivity contribution in [3.05, 3.63) is 59.3 Å². The first kappa shape index (κ1) is 21.9. The van der Waals surface area contributed by atoms with Crippen molar-refractivity contribution in [2.45, 2.75) is 19.8 Å². The van der Waals surface area contributed by atoms with Crippen LogP contribution in [-0.2, 0) is 9.59 Å². The van der Waals surface area contributed by atoms with E-state index in [1.165, 1.54) is 19.1 Å². The number of carbonyl (C=O) groups is 2. The Balaban J connectivity index is 1.82. The molecule has 2 aromatic carbocycles. The molecule has 1 N–H and O–H groups in total. The minimum absolute atomic E-state index is 0.0581. The van der Waals surface area contributed by atoms with Gasteiger partial charge in [0.05, 0.1) is 25.5 Å². The van der Waals surface area contributed by atoms with Gasteiger partial charge in [0.15, 0.2) is 0 Å². The van der Waals surface area contributed by atoms with Crippen LogP contribution in [0.2, 0.25) is 0 Å². The minimum Gasteiger partial charge on any atom is -0.497 e. The largest absolute Gasteiger partial charge is 0.497 e. The number of ether oxygens (including phenoxy) is 2. The predicted molar refractivity (Wildman–Crippen MR) is 122 cm³/mol. The number of nitrogens with zero attached hydrogens (tertiary/aromatic N) is 2. The van der Waals surface area contributed by atoms with E-state index in [2.05, 4.69) is 0 Å². The quantitative estimate of drug-likeness (QED) is 0.702. The lowest BCUT2D eigenvalue weighted by molar-refractivity contribution is -0.120. The maximum Gasteiger partial charge on any atom is 0.282 e. The highest BCUT2D eigenvalue weighted by Gasteiger charge is 2.43. The number of hydrogen-bond donors (Lipinski definition) is 1. The minimum atomic E-state index is -0.379. The van der Waals surface area contributed by atoms with E-state index in [0.717, 1.165) is 18.4 Å². The fourth-order valence-electron chi connectivity index (χ4n) is 4.37. The van der Waals surface area contributed by atoms with E-state index >= 15 is 0 Å². The summed E-state index contributed by atoms with van der Waals surface area (Å²) in [7, 11) is 3.05. The lowest BCUT2D eigenvalue weighted by atomic mass is 9.96. The van der Waals surface area contributed by atoms with E-state index in [4.69, 9.17) is 9.47 Å². The topological polar surface area (TPSA) is 79.3 Å². The summed E-state index contributed by atoms with van der Waals surface area (Å²) in [5.74, 6) is 0.298. The lowest BCUT2D eigenvalue weighted by Crippen LogP contribution is -2.40. The van der Waals surface area contributed by atoms with Gasteiger partial charge in [-0.1, -0.05) is 29.8 Å². The van der Waals surface area contributed by atoms with Crippen LogP contribution in [0.1, 0.15) is 24.0 Å². The van der Waals surface area contributed by atoms with E-state index < -0.39 is 0 Å². The number of aliphatic hydroxyl groups excluding tert-OH is 1. The molecule has 1 atom stereocenters. The zero-order chi connectivity index (χ0) is 22.8. The molecule has 0 aromatic heterocycles. The van der Waals surface area contributed by atoms with Gasteiger partial charge >= 0.3 is 0 Å². The Hall–Kier alpha value is -3.32. The molecule has 0 saturated carbocycles. The Morgan fingerprint density at radius 1 is 1.00 bits per heavy atom. The molecule has 1 saturated heterocycles. The molecular weight excluding hydrogens is 408 g/mol. The van der Waals surface area contributed by atoms with E-state index in [0.29, 0.717) is 47.1 Å². The fourth-order valence-corrected chi connectivity index (χ4v) is 4.37. The van der Waals surface area contributed by atoms with Crippen molar-refractivity contribution in [1.29, 1.82) is 0 Å². The number of methoxy groups -OCH3 is 2. The zero-order valence-corrected chi connectivity index (χ0v) is 18.6. The average molecular weight is 437 g/mol. The molecule has 1 unspecified atom stereocenters. The second-order valence-electron chi connectivity index (χ2n) is 8.24. The molecule has 4 rings (SSSR count). The molecule has 1 fully saturated rings. The van der Waals surface area contributed by atoms with E-state index in [9.17, 15) is 14.7 Å². The highest BCUT2D eigenvalue weighted by atomic mass is 16.5. The number of aliphatic hydroxyl groups is 1. The first-order valence-corrected chi connectivity index (χ1v) is 10.8. The molecular formula is C25H28N2O5. The molecule has 7 nitrogen and oxygen atoms in total. The van der Waals surface area contributed by atoms with Crippen molar-refractivity contribution in [3.63, 3.8) is 0 Å². The molecule has 2 aliphatic rings. The summed E-state index contributed by atoms with van der Waals surface area (Å²) in [5, 5.41) is 9.70. The van der Waals surface area contributed by atoms with E-state index in [1.807, 2.05) is 36.1 Å². The van der Waals surface area contributed by atoms with Gasteiger partial charge in [0.25, 0.3) is 11.8 Å². The summed E-state index contributed by atoms with van der Waals surface area (Å²) >= 11 is 0. The summed E-state index contributed by atoms with van der Waals surface area (Å²) in [6.45, 7) is 3.24. The third kappa shape index (κ3) is 3.96. The smallest absolute Gasteiger partial charge is 0.282 e. The van der Waals surface area contributed by atoms with Crippen LogP contribution in [0.4, 0.5) is 5.69 Å². The summed E-state index contributed by atoms with van der Waals surface area (Å²) in [4.78, 5) is 30.6.